The van der Waals surface area contributed by atoms with Gasteiger partial charge in [-0.3, -0.25) is 0 Å². The Balaban J connectivity index is 0.000000180. The van der Waals surface area contributed by atoms with E-state index in [0.717, 1.165) is 5.46 Å². The van der Waals surface area contributed by atoms with Gasteiger partial charge in [-0.05, 0) is 196 Å². The second-order valence-corrected chi connectivity index (χ2v) is 26.3. The van der Waals surface area contributed by atoms with E-state index in [1.165, 1.54) is 69.8 Å². The first-order valence-electron chi connectivity index (χ1n) is 24.5. The van der Waals surface area contributed by atoms with Crippen molar-refractivity contribution in [2.45, 2.75) is 202 Å². The summed E-state index contributed by atoms with van der Waals surface area (Å²) in [5.74, 6) is 0. The molecule has 2 heterocycles. The van der Waals surface area contributed by atoms with Crippen LogP contribution in [-0.4, -0.2) is 42.9 Å². The standard InChI is InChI=1S/C28H37BO2.C22H25Br.C9H19BO3/c1-25(2,3)20-13-14-22-19(16-20)15-18-11-12-21(26(4,5)6)17-23(18)24(22)29-30-27(7,8)28(9,10)31-29;1-21(2,3)16-9-10-18-15(12-16)11-14-7-8-17(22(4,5)6)13-19(14)20(18)23;1-7(2)11-10-12-8(3,4)9(5,6)13-10/h11-17H,1-10H3;7-13H,1-6H3;7H,1-6H3. The van der Waals surface area contributed by atoms with E-state index in [9.17, 15) is 0 Å². The van der Waals surface area contributed by atoms with E-state index < -0.39 is 14.4 Å². The fraction of sp³-hybridized carbons (Fsp3) is 0.525. The number of hydrogen-bond donors (Lipinski definition) is 0. The van der Waals surface area contributed by atoms with E-state index in [1.54, 1.807) is 0 Å². The van der Waals surface area contributed by atoms with Crippen molar-refractivity contribution in [3.63, 3.8) is 0 Å². The summed E-state index contributed by atoms with van der Waals surface area (Å²) in [6.07, 6.45) is 0.120. The van der Waals surface area contributed by atoms with Gasteiger partial charge in [0.25, 0.3) is 0 Å². The fourth-order valence-corrected chi connectivity index (χ4v) is 9.07. The molecule has 0 radical (unpaired) electrons. The van der Waals surface area contributed by atoms with Gasteiger partial charge in [0, 0.05) is 10.6 Å². The molecule has 0 spiro atoms. The SMILES string of the molecule is CC(C)(C)c1ccc2c(B3OC(C)(C)C(C)(C)O3)c3cc(C(C)(C)C)ccc3cc2c1.CC(C)(C)c1ccc2c(Br)c3cc(C(C)(C)C)ccc3cc2c1.CC(C)OB1OC(C)(C)C(C)(C)O1. The monoisotopic (exact) mass is 971 g/mol. The molecule has 8 rings (SSSR count). The molecule has 0 N–H and O–H groups in total. The minimum Gasteiger partial charge on any atom is -0.399 e. The molecule has 6 aromatic carbocycles. The van der Waals surface area contributed by atoms with E-state index in [0.29, 0.717) is 0 Å². The van der Waals surface area contributed by atoms with Gasteiger partial charge in [0.15, 0.2) is 0 Å². The van der Waals surface area contributed by atoms with E-state index in [1.807, 2.05) is 41.5 Å². The lowest BCUT2D eigenvalue weighted by Gasteiger charge is -2.32. The maximum Gasteiger partial charge on any atom is 0.640 e. The van der Waals surface area contributed by atoms with Gasteiger partial charge in [-0.25, -0.2) is 0 Å². The molecular weight excluding hydrogens is 890 g/mol. The molecule has 2 fully saturated rings. The molecule has 0 atom stereocenters. The quantitative estimate of drug-likeness (QED) is 0.131. The van der Waals surface area contributed by atoms with Crippen molar-refractivity contribution in [2.24, 2.45) is 0 Å². The van der Waals surface area contributed by atoms with E-state index in [4.69, 9.17) is 23.3 Å². The zero-order valence-corrected chi connectivity index (χ0v) is 46.8. The molecule has 0 aromatic heterocycles. The smallest absolute Gasteiger partial charge is 0.399 e. The average molecular weight is 972 g/mol. The summed E-state index contributed by atoms with van der Waals surface area (Å²) in [6, 6.07) is 32.0. The Kier molecular flexibility index (Phi) is 14.4. The van der Waals surface area contributed by atoms with Crippen molar-refractivity contribution >= 4 is 78.9 Å². The lowest BCUT2D eigenvalue weighted by molar-refractivity contribution is 0.00578. The van der Waals surface area contributed by atoms with Gasteiger partial charge in [-0.15, -0.1) is 0 Å². The van der Waals surface area contributed by atoms with Crippen molar-refractivity contribution in [3.05, 3.63) is 112 Å². The molecule has 0 amide bonds. The molecule has 6 aromatic rings. The summed E-state index contributed by atoms with van der Waals surface area (Å²) in [7, 11) is -0.920. The predicted octanol–water partition coefficient (Wildman–Crippen LogP) is 16.2. The van der Waals surface area contributed by atoms with Crippen molar-refractivity contribution < 1.29 is 23.3 Å². The maximum absolute atomic E-state index is 6.57. The van der Waals surface area contributed by atoms with E-state index in [-0.39, 0.29) is 50.2 Å². The molecule has 0 aliphatic carbocycles. The highest BCUT2D eigenvalue weighted by Crippen LogP contribution is 2.41. The molecule has 0 unspecified atom stereocenters. The highest BCUT2D eigenvalue weighted by molar-refractivity contribution is 9.10. The Hall–Kier alpha value is -3.23. The predicted molar refractivity (Wildman–Crippen MR) is 293 cm³/mol. The molecule has 8 heteroatoms. The second kappa shape index (κ2) is 18.2. The van der Waals surface area contributed by atoms with Crippen molar-refractivity contribution in [3.8, 4) is 0 Å². The van der Waals surface area contributed by atoms with Crippen LogP contribution in [0.15, 0.2) is 89.4 Å². The molecule has 0 saturated carbocycles. The molecule has 2 aliphatic heterocycles. The van der Waals surface area contributed by atoms with Gasteiger partial charge < -0.3 is 23.3 Å². The first-order chi connectivity index (χ1) is 30.4. The summed E-state index contributed by atoms with van der Waals surface area (Å²) in [5, 5.41) is 10.1. The van der Waals surface area contributed by atoms with Crippen molar-refractivity contribution in [2.75, 3.05) is 0 Å². The normalized spacial score (nSPS) is 18.1. The lowest BCUT2D eigenvalue weighted by atomic mass is 9.71. The summed E-state index contributed by atoms with van der Waals surface area (Å²) in [5.41, 5.74) is 5.73. The Morgan fingerprint density at radius 2 is 0.761 bits per heavy atom. The van der Waals surface area contributed by atoms with E-state index >= 15 is 0 Å². The van der Waals surface area contributed by atoms with Crippen molar-refractivity contribution in [1.29, 1.82) is 0 Å². The second-order valence-electron chi connectivity index (χ2n) is 25.5. The van der Waals surface area contributed by atoms with Crippen LogP contribution in [0.4, 0.5) is 0 Å². The molecular formula is C59H81B2BrO5. The zero-order chi connectivity index (χ0) is 50.2. The van der Waals surface area contributed by atoms with Gasteiger partial charge in [0.1, 0.15) is 0 Å². The van der Waals surface area contributed by atoms with Gasteiger partial charge in [0.2, 0.25) is 0 Å². The largest absolute Gasteiger partial charge is 0.640 e. The number of halogens is 1. The number of benzene rings is 6. The third-order valence-corrected chi connectivity index (χ3v) is 15.3. The fourth-order valence-electron chi connectivity index (χ4n) is 8.37. The van der Waals surface area contributed by atoms with Gasteiger partial charge in [-0.2, -0.15) is 0 Å². The minimum absolute atomic E-state index is 0.0758. The van der Waals surface area contributed by atoms with Crippen LogP contribution >= 0.6 is 15.9 Å². The van der Waals surface area contributed by atoms with Crippen LogP contribution < -0.4 is 5.46 Å². The maximum atomic E-state index is 6.57. The molecule has 0 bridgehead atoms. The van der Waals surface area contributed by atoms with Gasteiger partial charge in [0.05, 0.1) is 22.4 Å². The summed E-state index contributed by atoms with van der Waals surface area (Å²) in [6.45, 7) is 47.6. The highest BCUT2D eigenvalue weighted by Gasteiger charge is 2.54. The first-order valence-corrected chi connectivity index (χ1v) is 25.3. The van der Waals surface area contributed by atoms with Crippen LogP contribution in [0.2, 0.25) is 0 Å². The lowest BCUT2D eigenvalue weighted by Crippen LogP contribution is -2.41. The summed E-state index contributed by atoms with van der Waals surface area (Å²) >= 11 is 3.86. The highest BCUT2D eigenvalue weighted by atomic mass is 79.9. The molecule has 2 aliphatic rings. The summed E-state index contributed by atoms with van der Waals surface area (Å²) < 4.78 is 31.0. The van der Waals surface area contributed by atoms with Crippen LogP contribution in [0.1, 0.15) is 175 Å². The Morgan fingerprint density at radius 3 is 1.18 bits per heavy atom. The van der Waals surface area contributed by atoms with E-state index in [2.05, 4.69) is 212 Å². The third-order valence-electron chi connectivity index (χ3n) is 14.5. The topological polar surface area (TPSA) is 46.2 Å². The molecule has 2 saturated heterocycles. The molecule has 360 valence electrons. The average Bonchev–Trinajstić information content (AvgIpc) is 3.52. The van der Waals surface area contributed by atoms with Crippen LogP contribution in [0.25, 0.3) is 43.1 Å². The van der Waals surface area contributed by atoms with Crippen LogP contribution in [-0.2, 0) is 44.9 Å². The summed E-state index contributed by atoms with van der Waals surface area (Å²) in [4.78, 5) is 0. The Labute approximate surface area is 414 Å². The van der Waals surface area contributed by atoms with Crippen LogP contribution in [0.3, 0.4) is 0 Å². The first kappa shape index (κ1) is 53.1. The Morgan fingerprint density at radius 1 is 0.418 bits per heavy atom. The number of rotatable bonds is 3. The van der Waals surface area contributed by atoms with Crippen molar-refractivity contribution in [1.82, 2.24) is 0 Å². The zero-order valence-electron chi connectivity index (χ0n) is 45.2. The van der Waals surface area contributed by atoms with Gasteiger partial charge >= 0.3 is 14.4 Å². The molecule has 67 heavy (non-hydrogen) atoms. The third kappa shape index (κ3) is 11.4. The van der Waals surface area contributed by atoms with Crippen LogP contribution in [0, 0.1) is 0 Å². The molecule has 5 nitrogen and oxygen atoms in total. The van der Waals surface area contributed by atoms with Gasteiger partial charge in [-0.1, -0.05) is 150 Å². The number of hydrogen-bond acceptors (Lipinski definition) is 5. The Bertz CT molecular complexity index is 2740. The van der Waals surface area contributed by atoms with Crippen LogP contribution in [0.5, 0.6) is 0 Å². The number of fused-ring (bicyclic) bond motifs is 4. The minimum atomic E-state index is -0.523.